The predicted molar refractivity (Wildman–Crippen MR) is 81.9 cm³/mol. The van der Waals surface area contributed by atoms with Crippen LogP contribution in [-0.4, -0.2) is 23.6 Å². The SMILES string of the molecule is Cc1ccc(CNC(=O)[C@H](C)NC(=O)OC(C)(C)C)cc1. The Morgan fingerprint density at radius 2 is 1.76 bits per heavy atom. The fraction of sp³-hybridized carbons (Fsp3) is 0.500. The van der Waals surface area contributed by atoms with Gasteiger partial charge in [-0.15, -0.1) is 0 Å². The number of rotatable bonds is 4. The molecular formula is C16H24N2O3. The molecular weight excluding hydrogens is 268 g/mol. The molecule has 0 aliphatic rings. The van der Waals surface area contributed by atoms with Crippen molar-refractivity contribution in [3.05, 3.63) is 35.4 Å². The van der Waals surface area contributed by atoms with E-state index in [1.807, 2.05) is 31.2 Å². The number of amides is 2. The van der Waals surface area contributed by atoms with Crippen LogP contribution in [0, 0.1) is 6.92 Å². The summed E-state index contributed by atoms with van der Waals surface area (Å²) in [6.07, 6.45) is -0.597. The second kappa shape index (κ2) is 7.11. The van der Waals surface area contributed by atoms with Crippen molar-refractivity contribution in [1.82, 2.24) is 10.6 Å². The number of hydrogen-bond acceptors (Lipinski definition) is 3. The molecule has 1 aromatic carbocycles. The number of carbonyl (C=O) groups excluding carboxylic acids is 2. The standard InChI is InChI=1S/C16H24N2O3/c1-11-6-8-13(9-7-11)10-17-14(19)12(2)18-15(20)21-16(3,4)5/h6-9,12H,10H2,1-5H3,(H,17,19)(H,18,20)/t12-/m0/s1. The summed E-state index contributed by atoms with van der Waals surface area (Å²) in [5, 5.41) is 5.29. The highest BCUT2D eigenvalue weighted by atomic mass is 16.6. The molecule has 0 unspecified atom stereocenters. The molecule has 1 rings (SSSR count). The predicted octanol–water partition coefficient (Wildman–Crippen LogP) is 2.52. The van der Waals surface area contributed by atoms with Gasteiger partial charge in [0.05, 0.1) is 0 Å². The van der Waals surface area contributed by atoms with Crippen LogP contribution < -0.4 is 10.6 Å². The monoisotopic (exact) mass is 292 g/mol. The maximum absolute atomic E-state index is 11.9. The zero-order valence-electron chi connectivity index (χ0n) is 13.3. The maximum atomic E-state index is 11.9. The highest BCUT2D eigenvalue weighted by molar-refractivity contribution is 5.85. The van der Waals surface area contributed by atoms with Crippen molar-refractivity contribution in [3.8, 4) is 0 Å². The summed E-state index contributed by atoms with van der Waals surface area (Å²) in [6, 6.07) is 7.25. The van der Waals surface area contributed by atoms with E-state index in [0.717, 1.165) is 5.56 Å². The van der Waals surface area contributed by atoms with E-state index < -0.39 is 17.7 Å². The number of carbonyl (C=O) groups is 2. The van der Waals surface area contributed by atoms with Crippen molar-refractivity contribution >= 4 is 12.0 Å². The van der Waals surface area contributed by atoms with Gasteiger partial charge in [0, 0.05) is 6.54 Å². The molecule has 1 aromatic rings. The fourth-order valence-corrected chi connectivity index (χ4v) is 1.60. The second-order valence-electron chi connectivity index (χ2n) is 6.07. The molecule has 1 atom stereocenters. The first-order valence-electron chi connectivity index (χ1n) is 7.00. The van der Waals surface area contributed by atoms with Gasteiger partial charge in [-0.3, -0.25) is 4.79 Å². The maximum Gasteiger partial charge on any atom is 0.408 e. The van der Waals surface area contributed by atoms with E-state index in [1.54, 1.807) is 27.7 Å². The summed E-state index contributed by atoms with van der Waals surface area (Å²) in [5.74, 6) is -0.249. The first-order chi connectivity index (χ1) is 9.67. The third-order valence-corrected chi connectivity index (χ3v) is 2.71. The van der Waals surface area contributed by atoms with Crippen LogP contribution in [0.25, 0.3) is 0 Å². The molecule has 0 aliphatic carbocycles. The molecule has 0 bridgehead atoms. The second-order valence-corrected chi connectivity index (χ2v) is 6.07. The van der Waals surface area contributed by atoms with Gasteiger partial charge in [0.1, 0.15) is 11.6 Å². The number of alkyl carbamates (subject to hydrolysis) is 1. The molecule has 5 heteroatoms. The number of hydrogen-bond donors (Lipinski definition) is 2. The van der Waals surface area contributed by atoms with E-state index in [-0.39, 0.29) is 5.91 Å². The van der Waals surface area contributed by atoms with Gasteiger partial charge in [0.2, 0.25) is 5.91 Å². The Morgan fingerprint density at radius 3 is 2.29 bits per heavy atom. The Labute approximate surface area is 126 Å². The van der Waals surface area contributed by atoms with E-state index in [9.17, 15) is 9.59 Å². The molecule has 21 heavy (non-hydrogen) atoms. The lowest BCUT2D eigenvalue weighted by molar-refractivity contribution is -0.122. The summed E-state index contributed by atoms with van der Waals surface area (Å²) in [5.41, 5.74) is 1.60. The van der Waals surface area contributed by atoms with Crippen LogP contribution in [0.2, 0.25) is 0 Å². The molecule has 0 aromatic heterocycles. The number of benzene rings is 1. The minimum absolute atomic E-state index is 0.249. The number of ether oxygens (including phenoxy) is 1. The quantitative estimate of drug-likeness (QED) is 0.896. The van der Waals surface area contributed by atoms with Crippen molar-refractivity contribution in [2.75, 3.05) is 0 Å². The van der Waals surface area contributed by atoms with E-state index in [0.29, 0.717) is 6.54 Å². The van der Waals surface area contributed by atoms with Crippen LogP contribution in [0.5, 0.6) is 0 Å². The normalized spacial score (nSPS) is 12.4. The van der Waals surface area contributed by atoms with Gasteiger partial charge >= 0.3 is 6.09 Å². The van der Waals surface area contributed by atoms with E-state index >= 15 is 0 Å². The smallest absolute Gasteiger partial charge is 0.408 e. The number of aryl methyl sites for hydroxylation is 1. The lowest BCUT2D eigenvalue weighted by Gasteiger charge is -2.21. The Balaban J connectivity index is 2.40. The zero-order valence-corrected chi connectivity index (χ0v) is 13.3. The topological polar surface area (TPSA) is 67.4 Å². The first-order valence-corrected chi connectivity index (χ1v) is 7.00. The Kier molecular flexibility index (Phi) is 5.76. The highest BCUT2D eigenvalue weighted by Gasteiger charge is 2.20. The average molecular weight is 292 g/mol. The van der Waals surface area contributed by atoms with Crippen molar-refractivity contribution in [2.45, 2.75) is 52.8 Å². The third-order valence-electron chi connectivity index (χ3n) is 2.71. The molecule has 0 saturated heterocycles. The van der Waals surface area contributed by atoms with Crippen LogP contribution >= 0.6 is 0 Å². The summed E-state index contributed by atoms with van der Waals surface area (Å²) < 4.78 is 5.10. The van der Waals surface area contributed by atoms with E-state index in [2.05, 4.69) is 10.6 Å². The van der Waals surface area contributed by atoms with Gasteiger partial charge in [-0.1, -0.05) is 29.8 Å². The summed E-state index contributed by atoms with van der Waals surface area (Å²) in [7, 11) is 0. The van der Waals surface area contributed by atoms with Crippen molar-refractivity contribution < 1.29 is 14.3 Å². The van der Waals surface area contributed by atoms with Gasteiger partial charge < -0.3 is 15.4 Å². The molecule has 0 heterocycles. The van der Waals surface area contributed by atoms with Crippen molar-refractivity contribution in [1.29, 1.82) is 0 Å². The largest absolute Gasteiger partial charge is 0.444 e. The Morgan fingerprint density at radius 1 is 1.19 bits per heavy atom. The molecule has 0 spiro atoms. The van der Waals surface area contributed by atoms with Gasteiger partial charge in [-0.05, 0) is 40.2 Å². The molecule has 0 saturated carbocycles. The summed E-state index contributed by atoms with van der Waals surface area (Å²) in [4.78, 5) is 23.5. The molecule has 116 valence electrons. The minimum atomic E-state index is -0.648. The van der Waals surface area contributed by atoms with Gasteiger partial charge in [0.15, 0.2) is 0 Å². The molecule has 0 radical (unpaired) electrons. The highest BCUT2D eigenvalue weighted by Crippen LogP contribution is 2.07. The van der Waals surface area contributed by atoms with Crippen LogP contribution in [0.1, 0.15) is 38.8 Å². The van der Waals surface area contributed by atoms with Crippen LogP contribution in [0.15, 0.2) is 24.3 Å². The Bertz CT molecular complexity index is 489. The van der Waals surface area contributed by atoms with E-state index in [4.69, 9.17) is 4.74 Å². The third kappa shape index (κ3) is 6.79. The Hall–Kier alpha value is -2.04. The average Bonchev–Trinajstić information content (AvgIpc) is 2.35. The van der Waals surface area contributed by atoms with Crippen LogP contribution in [0.3, 0.4) is 0 Å². The lowest BCUT2D eigenvalue weighted by atomic mass is 10.1. The van der Waals surface area contributed by atoms with Crippen molar-refractivity contribution in [3.63, 3.8) is 0 Å². The summed E-state index contributed by atoms with van der Waals surface area (Å²) in [6.45, 7) is 9.38. The first kappa shape index (κ1) is 17.0. The lowest BCUT2D eigenvalue weighted by Crippen LogP contribution is -2.46. The molecule has 5 nitrogen and oxygen atoms in total. The van der Waals surface area contributed by atoms with Crippen molar-refractivity contribution in [2.24, 2.45) is 0 Å². The van der Waals surface area contributed by atoms with Gasteiger partial charge in [-0.25, -0.2) is 4.79 Å². The molecule has 0 fully saturated rings. The number of nitrogens with one attached hydrogen (secondary N) is 2. The zero-order chi connectivity index (χ0) is 16.0. The van der Waals surface area contributed by atoms with Crippen LogP contribution in [-0.2, 0) is 16.1 Å². The van der Waals surface area contributed by atoms with Crippen LogP contribution in [0.4, 0.5) is 4.79 Å². The molecule has 2 N–H and O–H groups in total. The molecule has 2 amide bonds. The fourth-order valence-electron chi connectivity index (χ4n) is 1.60. The minimum Gasteiger partial charge on any atom is -0.444 e. The van der Waals surface area contributed by atoms with E-state index in [1.165, 1.54) is 5.56 Å². The molecule has 0 aliphatic heterocycles. The van der Waals surface area contributed by atoms with Gasteiger partial charge in [-0.2, -0.15) is 0 Å². The summed E-state index contributed by atoms with van der Waals surface area (Å²) >= 11 is 0. The van der Waals surface area contributed by atoms with Gasteiger partial charge in [0.25, 0.3) is 0 Å².